The summed E-state index contributed by atoms with van der Waals surface area (Å²) in [6, 6.07) is 7.11. The summed E-state index contributed by atoms with van der Waals surface area (Å²) in [4.78, 5) is 0. The van der Waals surface area contributed by atoms with Crippen LogP contribution >= 0.6 is 0 Å². The Labute approximate surface area is 91.6 Å². The normalized spacial score (nSPS) is 8.12. The number of nitrogens with zero attached hydrogens (tertiary/aromatic N) is 3. The Balaban J connectivity index is 2.94. The Kier molecular flexibility index (Phi) is 3.61. The van der Waals surface area contributed by atoms with Gasteiger partial charge < -0.3 is 0 Å². The Morgan fingerprint density at radius 3 is 2.56 bits per heavy atom. The van der Waals surface area contributed by atoms with E-state index >= 15 is 0 Å². The third-order valence-corrected chi connectivity index (χ3v) is 1.64. The maximum atomic E-state index is 13.3. The summed E-state index contributed by atoms with van der Waals surface area (Å²) >= 11 is 0. The summed E-state index contributed by atoms with van der Waals surface area (Å²) in [5.41, 5.74) is 2.32. The molecule has 0 spiro atoms. The first kappa shape index (κ1) is 11.2. The van der Waals surface area contributed by atoms with E-state index in [4.69, 9.17) is 16.9 Å². The Morgan fingerprint density at radius 2 is 2.06 bits per heavy atom. The van der Waals surface area contributed by atoms with Gasteiger partial charge in [0.15, 0.2) is 0 Å². The van der Waals surface area contributed by atoms with E-state index in [-0.39, 0.29) is 11.4 Å². The summed E-state index contributed by atoms with van der Waals surface area (Å²) in [6.07, 6.45) is 5.08. The van der Waals surface area contributed by atoms with Gasteiger partial charge in [-0.1, -0.05) is 5.92 Å². The second kappa shape index (κ2) is 5.14. The molecule has 0 saturated carbocycles. The fraction of sp³-hybridized carbons (Fsp3) is 0. The predicted molar refractivity (Wildman–Crippen MR) is 56.6 cm³/mol. The molecule has 5 heteroatoms. The Morgan fingerprint density at radius 1 is 1.38 bits per heavy atom. The molecule has 0 aliphatic heterocycles. The molecule has 0 saturated heterocycles. The second-order valence-corrected chi connectivity index (χ2v) is 2.63. The zero-order valence-electron chi connectivity index (χ0n) is 8.03. The highest BCUT2D eigenvalue weighted by Gasteiger charge is 2.02. The number of nitrogens with one attached hydrogen (secondary N) is 1. The SMILES string of the molecule is C#Cc1ccc(NN=C(C#N)C#N)c(F)c1. The van der Waals surface area contributed by atoms with Gasteiger partial charge in [0.2, 0.25) is 5.71 Å². The Hall–Kier alpha value is -2.84. The van der Waals surface area contributed by atoms with Crippen LogP contribution in [0.25, 0.3) is 0 Å². The van der Waals surface area contributed by atoms with Crippen molar-refractivity contribution in [3.8, 4) is 24.5 Å². The standard InChI is InChI=1S/C11H5FN4/c1-2-8-3-4-11(10(12)5-8)16-15-9(6-13)7-14/h1,3-5,16H. The number of terminal acetylenes is 1. The molecule has 1 rings (SSSR count). The van der Waals surface area contributed by atoms with Gasteiger partial charge in [-0.25, -0.2) is 4.39 Å². The third kappa shape index (κ3) is 2.57. The van der Waals surface area contributed by atoms with Gasteiger partial charge in [0, 0.05) is 5.56 Å². The first-order chi connectivity index (χ1) is 7.71. The van der Waals surface area contributed by atoms with Gasteiger partial charge in [-0.3, -0.25) is 5.43 Å². The van der Waals surface area contributed by atoms with E-state index in [9.17, 15) is 4.39 Å². The molecule has 4 nitrogen and oxygen atoms in total. The van der Waals surface area contributed by atoms with Gasteiger partial charge in [0.1, 0.15) is 18.0 Å². The average Bonchev–Trinajstić information content (AvgIpc) is 2.32. The summed E-state index contributed by atoms with van der Waals surface area (Å²) < 4.78 is 13.3. The molecule has 0 aliphatic rings. The smallest absolute Gasteiger partial charge is 0.237 e. The quantitative estimate of drug-likeness (QED) is 0.460. The van der Waals surface area contributed by atoms with E-state index in [1.54, 1.807) is 0 Å². The lowest BCUT2D eigenvalue weighted by Gasteiger charge is -2.01. The zero-order valence-corrected chi connectivity index (χ0v) is 8.03. The highest BCUT2D eigenvalue weighted by atomic mass is 19.1. The first-order valence-electron chi connectivity index (χ1n) is 4.11. The first-order valence-corrected chi connectivity index (χ1v) is 4.11. The topological polar surface area (TPSA) is 72.0 Å². The molecule has 0 atom stereocenters. The van der Waals surface area contributed by atoms with E-state index < -0.39 is 5.82 Å². The molecule has 0 unspecified atom stereocenters. The van der Waals surface area contributed by atoms with Crippen molar-refractivity contribution in [2.75, 3.05) is 5.43 Å². The number of hydrogen-bond donors (Lipinski definition) is 1. The molecule has 1 aromatic rings. The second-order valence-electron chi connectivity index (χ2n) is 2.63. The molecular formula is C11H5FN4. The van der Waals surface area contributed by atoms with Crippen molar-refractivity contribution in [1.29, 1.82) is 10.5 Å². The fourth-order valence-corrected chi connectivity index (χ4v) is 0.887. The molecule has 16 heavy (non-hydrogen) atoms. The van der Waals surface area contributed by atoms with Gasteiger partial charge in [-0.15, -0.1) is 6.42 Å². The van der Waals surface area contributed by atoms with Crippen LogP contribution in [0.3, 0.4) is 0 Å². The monoisotopic (exact) mass is 212 g/mol. The molecule has 0 fully saturated rings. The highest BCUT2D eigenvalue weighted by Crippen LogP contribution is 2.15. The molecule has 0 aromatic heterocycles. The summed E-state index contributed by atoms with van der Waals surface area (Å²) in [5, 5.41) is 20.2. The summed E-state index contributed by atoms with van der Waals surface area (Å²) in [5.74, 6) is 1.67. The number of rotatable bonds is 2. The third-order valence-electron chi connectivity index (χ3n) is 1.64. The molecular weight excluding hydrogens is 207 g/mol. The molecule has 76 valence electrons. The number of hydrazone groups is 1. The number of hydrogen-bond acceptors (Lipinski definition) is 4. The number of halogens is 1. The van der Waals surface area contributed by atoms with E-state index in [1.165, 1.54) is 24.3 Å². The van der Waals surface area contributed by atoms with Crippen molar-refractivity contribution in [2.45, 2.75) is 0 Å². The fourth-order valence-electron chi connectivity index (χ4n) is 0.887. The zero-order chi connectivity index (χ0) is 12.0. The van der Waals surface area contributed by atoms with Crippen LogP contribution in [0.5, 0.6) is 0 Å². The summed E-state index contributed by atoms with van der Waals surface area (Å²) in [7, 11) is 0. The minimum atomic E-state index is -0.602. The molecule has 0 bridgehead atoms. The average molecular weight is 212 g/mol. The maximum absolute atomic E-state index is 13.3. The van der Waals surface area contributed by atoms with Crippen LogP contribution in [-0.4, -0.2) is 5.71 Å². The van der Waals surface area contributed by atoms with Crippen LogP contribution in [0.4, 0.5) is 10.1 Å². The lowest BCUT2D eigenvalue weighted by Crippen LogP contribution is -1.98. The van der Waals surface area contributed by atoms with Crippen molar-refractivity contribution in [2.24, 2.45) is 5.10 Å². The number of anilines is 1. The molecule has 0 radical (unpaired) electrons. The molecule has 1 aromatic carbocycles. The summed E-state index contributed by atoms with van der Waals surface area (Å²) in [6.45, 7) is 0. The van der Waals surface area contributed by atoms with Crippen LogP contribution in [0, 0.1) is 40.8 Å². The maximum Gasteiger partial charge on any atom is 0.237 e. The van der Waals surface area contributed by atoms with Crippen molar-refractivity contribution in [1.82, 2.24) is 0 Å². The number of benzene rings is 1. The van der Waals surface area contributed by atoms with E-state index in [2.05, 4.69) is 16.4 Å². The lowest BCUT2D eigenvalue weighted by atomic mass is 10.2. The van der Waals surface area contributed by atoms with Gasteiger partial charge in [-0.2, -0.15) is 15.6 Å². The van der Waals surface area contributed by atoms with Crippen molar-refractivity contribution >= 4 is 11.4 Å². The van der Waals surface area contributed by atoms with Crippen LogP contribution in [0.1, 0.15) is 5.56 Å². The van der Waals surface area contributed by atoms with Gasteiger partial charge in [-0.05, 0) is 18.2 Å². The van der Waals surface area contributed by atoms with Crippen molar-refractivity contribution in [3.63, 3.8) is 0 Å². The molecule has 0 heterocycles. The largest absolute Gasteiger partial charge is 0.274 e. The van der Waals surface area contributed by atoms with Gasteiger partial charge >= 0.3 is 0 Å². The van der Waals surface area contributed by atoms with Crippen LogP contribution in [0.15, 0.2) is 23.3 Å². The van der Waals surface area contributed by atoms with E-state index in [0.717, 1.165) is 6.07 Å². The van der Waals surface area contributed by atoms with Crippen LogP contribution in [-0.2, 0) is 0 Å². The van der Waals surface area contributed by atoms with E-state index in [0.29, 0.717) is 5.56 Å². The molecule has 0 amide bonds. The van der Waals surface area contributed by atoms with Crippen LogP contribution in [0.2, 0.25) is 0 Å². The molecule has 0 aliphatic carbocycles. The highest BCUT2D eigenvalue weighted by molar-refractivity contribution is 6.10. The predicted octanol–water partition coefficient (Wildman–Crippen LogP) is 1.62. The minimum Gasteiger partial charge on any atom is -0.274 e. The lowest BCUT2D eigenvalue weighted by molar-refractivity contribution is 0.630. The van der Waals surface area contributed by atoms with Gasteiger partial charge in [0.25, 0.3) is 0 Å². The minimum absolute atomic E-state index is 0.0435. The van der Waals surface area contributed by atoms with E-state index in [1.807, 2.05) is 0 Å². The number of nitriles is 2. The van der Waals surface area contributed by atoms with Crippen molar-refractivity contribution in [3.05, 3.63) is 29.6 Å². The van der Waals surface area contributed by atoms with Crippen molar-refractivity contribution < 1.29 is 4.39 Å². The van der Waals surface area contributed by atoms with Crippen LogP contribution < -0.4 is 5.43 Å². The van der Waals surface area contributed by atoms with Gasteiger partial charge in [0.05, 0.1) is 5.69 Å². The Bertz CT molecular complexity index is 539. The molecule has 1 N–H and O–H groups in total.